The number of aryl methyl sites for hydroxylation is 2. The highest BCUT2D eigenvalue weighted by Crippen LogP contribution is 2.24. The van der Waals surface area contributed by atoms with E-state index in [9.17, 15) is 4.79 Å². The first kappa shape index (κ1) is 20.6. The molecule has 1 aromatic heterocycles. The summed E-state index contributed by atoms with van der Waals surface area (Å²) in [6.45, 7) is 3.70. The van der Waals surface area contributed by atoms with Crippen LogP contribution in [0.25, 0.3) is 0 Å². The minimum absolute atomic E-state index is 0.00263. The highest BCUT2D eigenvalue weighted by molar-refractivity contribution is 5.98. The molecule has 1 amide bonds. The number of nitrogens with zero attached hydrogens (tertiary/aromatic N) is 3. The first-order chi connectivity index (χ1) is 15.1. The van der Waals surface area contributed by atoms with Crippen LogP contribution in [0.3, 0.4) is 0 Å². The maximum atomic E-state index is 12.3. The lowest BCUT2D eigenvalue weighted by molar-refractivity contribution is -0.116. The Morgan fingerprint density at radius 1 is 1.10 bits per heavy atom. The number of ether oxygens (including phenoxy) is 1. The number of likely N-dealkylation sites (N-methyl/N-ethyl adjacent to an activating group) is 1. The van der Waals surface area contributed by atoms with Gasteiger partial charge in [-0.3, -0.25) is 14.8 Å². The zero-order valence-electron chi connectivity index (χ0n) is 17.8. The predicted octanol–water partition coefficient (Wildman–Crippen LogP) is 4.45. The average Bonchev–Trinajstić information content (AvgIpc) is 3.19. The third kappa shape index (κ3) is 5.48. The molecule has 6 nitrogen and oxygen atoms in total. The van der Waals surface area contributed by atoms with Gasteiger partial charge in [-0.25, -0.2) is 0 Å². The summed E-state index contributed by atoms with van der Waals surface area (Å²) in [4.78, 5) is 23.3. The summed E-state index contributed by atoms with van der Waals surface area (Å²) in [6.07, 6.45) is 2.78. The number of aliphatic imine (C=N–C) groups is 1. The van der Waals surface area contributed by atoms with Crippen molar-refractivity contribution in [2.45, 2.75) is 19.8 Å². The van der Waals surface area contributed by atoms with Crippen molar-refractivity contribution in [1.29, 1.82) is 0 Å². The number of rotatable bonds is 7. The molecule has 31 heavy (non-hydrogen) atoms. The van der Waals surface area contributed by atoms with Gasteiger partial charge < -0.3 is 15.0 Å². The molecule has 6 heteroatoms. The lowest BCUT2D eigenvalue weighted by atomic mass is 10.1. The number of amidine groups is 1. The van der Waals surface area contributed by atoms with E-state index in [1.807, 2.05) is 74.6 Å². The number of carbonyl (C=O) groups excluding carboxylic acids is 1. The van der Waals surface area contributed by atoms with E-state index < -0.39 is 0 Å². The van der Waals surface area contributed by atoms with E-state index in [0.29, 0.717) is 18.6 Å². The fraction of sp³-hybridized carbons (Fsp3) is 0.240. The van der Waals surface area contributed by atoms with Crippen LogP contribution in [0.2, 0.25) is 0 Å². The maximum absolute atomic E-state index is 12.3. The molecular formula is C25H26N4O2. The van der Waals surface area contributed by atoms with E-state index in [0.717, 1.165) is 47.2 Å². The van der Waals surface area contributed by atoms with Gasteiger partial charge in [0.15, 0.2) is 0 Å². The first-order valence-corrected chi connectivity index (χ1v) is 10.4. The molecular weight excluding hydrogens is 388 g/mol. The lowest BCUT2D eigenvalue weighted by Crippen LogP contribution is -2.24. The van der Waals surface area contributed by atoms with Crippen LogP contribution in [0.1, 0.15) is 23.2 Å². The van der Waals surface area contributed by atoms with Gasteiger partial charge in [-0.15, -0.1) is 0 Å². The number of benzene rings is 2. The van der Waals surface area contributed by atoms with Crippen molar-refractivity contribution in [2.75, 3.05) is 25.5 Å². The summed E-state index contributed by atoms with van der Waals surface area (Å²) in [5.74, 6) is 2.33. The second kappa shape index (κ2) is 9.43. The van der Waals surface area contributed by atoms with Gasteiger partial charge in [0, 0.05) is 38.0 Å². The summed E-state index contributed by atoms with van der Waals surface area (Å²) in [7, 11) is 2.01. The zero-order valence-corrected chi connectivity index (χ0v) is 17.8. The van der Waals surface area contributed by atoms with Crippen LogP contribution < -0.4 is 10.1 Å². The number of carbonyl (C=O) groups is 1. The molecule has 3 aromatic rings. The molecule has 158 valence electrons. The Balaban J connectivity index is 1.37. The largest absolute Gasteiger partial charge is 0.457 e. The number of pyridine rings is 1. The van der Waals surface area contributed by atoms with Crippen LogP contribution in [0, 0.1) is 6.92 Å². The van der Waals surface area contributed by atoms with Crippen molar-refractivity contribution in [3.63, 3.8) is 0 Å². The number of hydrogen-bond donors (Lipinski definition) is 1. The molecule has 0 fully saturated rings. The summed E-state index contributed by atoms with van der Waals surface area (Å²) in [5.41, 5.74) is 3.80. The van der Waals surface area contributed by atoms with E-state index >= 15 is 0 Å². The quantitative estimate of drug-likeness (QED) is 0.620. The summed E-state index contributed by atoms with van der Waals surface area (Å²) in [6, 6.07) is 19.4. The van der Waals surface area contributed by atoms with Crippen LogP contribution in [0.4, 0.5) is 5.69 Å². The zero-order chi connectivity index (χ0) is 21.6. The Hall–Kier alpha value is -3.67. The van der Waals surface area contributed by atoms with Crippen LogP contribution >= 0.6 is 0 Å². The molecule has 1 aliphatic rings. The molecule has 0 saturated heterocycles. The number of amides is 1. The summed E-state index contributed by atoms with van der Waals surface area (Å²) >= 11 is 0. The Morgan fingerprint density at radius 2 is 1.94 bits per heavy atom. The molecule has 4 rings (SSSR count). The smallest absolute Gasteiger partial charge is 0.224 e. The fourth-order valence-electron chi connectivity index (χ4n) is 3.51. The standard InChI is InChI=1S/C25H26N4O2/c1-18-5-3-7-20(15-18)28-24(30)10-9-19-6-4-8-21(16-19)31-22-11-12-26-23(17-22)25-27-13-14-29(25)2/h3-8,11-12,15-17H,9-10,13-14H2,1-2H3,(H,28,30). The monoisotopic (exact) mass is 414 g/mol. The van der Waals surface area contributed by atoms with E-state index in [1.165, 1.54) is 0 Å². The Labute approximate surface area is 182 Å². The fourth-order valence-corrected chi connectivity index (χ4v) is 3.51. The predicted molar refractivity (Wildman–Crippen MR) is 123 cm³/mol. The van der Waals surface area contributed by atoms with Gasteiger partial charge in [0.1, 0.15) is 23.0 Å². The van der Waals surface area contributed by atoms with Crippen LogP contribution in [0.5, 0.6) is 11.5 Å². The third-order valence-electron chi connectivity index (χ3n) is 5.10. The number of anilines is 1. The molecule has 0 aliphatic carbocycles. The molecule has 1 N–H and O–H groups in total. The molecule has 0 bridgehead atoms. The van der Waals surface area contributed by atoms with Gasteiger partial charge in [-0.2, -0.15) is 0 Å². The van der Waals surface area contributed by atoms with Crippen molar-refractivity contribution in [2.24, 2.45) is 4.99 Å². The van der Waals surface area contributed by atoms with Crippen LogP contribution in [-0.4, -0.2) is 41.8 Å². The van der Waals surface area contributed by atoms with Crippen molar-refractivity contribution in [3.8, 4) is 11.5 Å². The Morgan fingerprint density at radius 3 is 2.74 bits per heavy atom. The normalized spacial score (nSPS) is 13.1. The van der Waals surface area contributed by atoms with E-state index in [1.54, 1.807) is 6.20 Å². The number of hydrogen-bond acceptors (Lipinski definition) is 5. The molecule has 0 radical (unpaired) electrons. The highest BCUT2D eigenvalue weighted by Gasteiger charge is 2.16. The molecule has 2 heterocycles. The first-order valence-electron chi connectivity index (χ1n) is 10.4. The van der Waals surface area contributed by atoms with E-state index in [4.69, 9.17) is 4.74 Å². The summed E-state index contributed by atoms with van der Waals surface area (Å²) < 4.78 is 6.06. The number of nitrogens with one attached hydrogen (secondary N) is 1. The average molecular weight is 415 g/mol. The number of aromatic nitrogens is 1. The van der Waals surface area contributed by atoms with Gasteiger partial charge in [-0.1, -0.05) is 24.3 Å². The molecule has 0 saturated carbocycles. The highest BCUT2D eigenvalue weighted by atomic mass is 16.5. The van der Waals surface area contributed by atoms with Gasteiger partial charge >= 0.3 is 0 Å². The van der Waals surface area contributed by atoms with Gasteiger partial charge in [-0.05, 0) is 54.8 Å². The maximum Gasteiger partial charge on any atom is 0.224 e. The minimum Gasteiger partial charge on any atom is -0.457 e. The minimum atomic E-state index is -0.00263. The SMILES string of the molecule is Cc1cccc(NC(=O)CCc2cccc(Oc3ccnc(C4=NCCN4C)c3)c2)c1. The van der Waals surface area contributed by atoms with Crippen LogP contribution in [0.15, 0.2) is 71.9 Å². The van der Waals surface area contributed by atoms with E-state index in [-0.39, 0.29) is 5.91 Å². The lowest BCUT2D eigenvalue weighted by Gasteiger charge is -2.14. The van der Waals surface area contributed by atoms with Gasteiger partial charge in [0.2, 0.25) is 5.91 Å². The Kier molecular flexibility index (Phi) is 6.26. The van der Waals surface area contributed by atoms with E-state index in [2.05, 4.69) is 20.2 Å². The topological polar surface area (TPSA) is 66.8 Å². The Bertz CT molecular complexity index is 1110. The van der Waals surface area contributed by atoms with Gasteiger partial charge in [0.05, 0.1) is 6.54 Å². The molecule has 2 aromatic carbocycles. The van der Waals surface area contributed by atoms with Gasteiger partial charge in [0.25, 0.3) is 0 Å². The third-order valence-corrected chi connectivity index (χ3v) is 5.10. The summed E-state index contributed by atoms with van der Waals surface area (Å²) in [5, 5.41) is 2.95. The van der Waals surface area contributed by atoms with Crippen molar-refractivity contribution in [3.05, 3.63) is 83.7 Å². The second-order valence-electron chi connectivity index (χ2n) is 7.67. The molecule has 0 spiro atoms. The molecule has 1 aliphatic heterocycles. The van der Waals surface area contributed by atoms with Crippen molar-refractivity contribution in [1.82, 2.24) is 9.88 Å². The second-order valence-corrected chi connectivity index (χ2v) is 7.67. The molecule has 0 unspecified atom stereocenters. The molecule has 0 atom stereocenters. The van der Waals surface area contributed by atoms with Crippen LogP contribution in [-0.2, 0) is 11.2 Å². The van der Waals surface area contributed by atoms with Crippen molar-refractivity contribution >= 4 is 17.4 Å². The van der Waals surface area contributed by atoms with Crippen molar-refractivity contribution < 1.29 is 9.53 Å².